The Morgan fingerprint density at radius 3 is 2.48 bits per heavy atom. The number of hydrogen-bond acceptors (Lipinski definition) is 4. The summed E-state index contributed by atoms with van der Waals surface area (Å²) in [5.41, 5.74) is 6.81. The van der Waals surface area contributed by atoms with E-state index in [1.165, 1.54) is 12.1 Å². The summed E-state index contributed by atoms with van der Waals surface area (Å²) < 4.78 is 26.6. The molecule has 108 valence electrons. The molecule has 3 rings (SSSR count). The van der Waals surface area contributed by atoms with Crippen LogP contribution >= 0.6 is 0 Å². The van der Waals surface area contributed by atoms with Gasteiger partial charge in [-0.1, -0.05) is 24.3 Å². The molecule has 1 aliphatic heterocycles. The summed E-state index contributed by atoms with van der Waals surface area (Å²) >= 11 is 0. The zero-order valence-corrected chi connectivity index (χ0v) is 11.8. The first kappa shape index (κ1) is 13.4. The van der Waals surface area contributed by atoms with Crippen molar-refractivity contribution < 1.29 is 13.2 Å². The van der Waals surface area contributed by atoms with Gasteiger partial charge in [0.15, 0.2) is 0 Å². The maximum absolute atomic E-state index is 12.8. The highest BCUT2D eigenvalue weighted by Crippen LogP contribution is 2.34. The van der Waals surface area contributed by atoms with Crippen LogP contribution in [0.1, 0.15) is 0 Å². The first-order valence-corrected chi connectivity index (χ1v) is 7.70. The lowest BCUT2D eigenvalue weighted by molar-refractivity contribution is -0.115. The van der Waals surface area contributed by atoms with Crippen LogP contribution in [-0.4, -0.2) is 20.9 Å². The minimum atomic E-state index is -3.89. The normalized spacial score (nSPS) is 14.5. The minimum absolute atomic E-state index is 0.00509. The highest BCUT2D eigenvalue weighted by molar-refractivity contribution is 7.93. The number of hydrogen-bond donors (Lipinski definition) is 2. The van der Waals surface area contributed by atoms with Crippen LogP contribution in [0.2, 0.25) is 0 Å². The van der Waals surface area contributed by atoms with Crippen molar-refractivity contribution >= 4 is 33.0 Å². The molecule has 1 aliphatic rings. The molecule has 0 saturated carbocycles. The molecule has 0 saturated heterocycles. The molecule has 0 unspecified atom stereocenters. The number of nitrogens with zero attached hydrogens (tertiary/aromatic N) is 1. The Kier molecular flexibility index (Phi) is 3.06. The molecule has 0 fully saturated rings. The van der Waals surface area contributed by atoms with Gasteiger partial charge in [-0.25, -0.2) is 8.42 Å². The number of carbonyl (C=O) groups is 1. The fourth-order valence-corrected chi connectivity index (χ4v) is 3.81. The molecular weight excluding hydrogens is 290 g/mol. The summed E-state index contributed by atoms with van der Waals surface area (Å²) in [4.78, 5) is 11.7. The number of para-hydroxylation sites is 3. The summed E-state index contributed by atoms with van der Waals surface area (Å²) in [6, 6.07) is 12.9. The number of nitrogens with one attached hydrogen (secondary N) is 1. The van der Waals surface area contributed by atoms with Gasteiger partial charge >= 0.3 is 0 Å². The van der Waals surface area contributed by atoms with E-state index in [1.807, 2.05) is 0 Å². The summed E-state index contributed by atoms with van der Waals surface area (Å²) in [5.74, 6) is -0.383. The van der Waals surface area contributed by atoms with Crippen molar-refractivity contribution in [3.8, 4) is 0 Å². The highest BCUT2D eigenvalue weighted by atomic mass is 32.2. The molecule has 0 radical (unpaired) electrons. The Labute approximate surface area is 122 Å². The predicted molar refractivity (Wildman–Crippen MR) is 80.5 cm³/mol. The molecule has 2 aromatic rings. The topological polar surface area (TPSA) is 92.5 Å². The average molecular weight is 303 g/mol. The molecule has 6 nitrogen and oxygen atoms in total. The molecule has 2 aromatic carbocycles. The quantitative estimate of drug-likeness (QED) is 0.821. The Bertz CT molecular complexity index is 818. The van der Waals surface area contributed by atoms with E-state index in [9.17, 15) is 13.2 Å². The smallest absolute Gasteiger partial charge is 0.266 e. The molecule has 21 heavy (non-hydrogen) atoms. The number of amides is 1. The molecular formula is C14H13N3O3S. The number of anilines is 3. The van der Waals surface area contributed by atoms with Crippen molar-refractivity contribution in [3.05, 3.63) is 48.5 Å². The molecule has 7 heteroatoms. The van der Waals surface area contributed by atoms with E-state index in [2.05, 4.69) is 5.32 Å². The second-order valence-corrected chi connectivity index (χ2v) is 6.45. The summed E-state index contributed by atoms with van der Waals surface area (Å²) in [6.45, 7) is -0.270. The van der Waals surface area contributed by atoms with Crippen LogP contribution in [0, 0.1) is 0 Å². The van der Waals surface area contributed by atoms with Crippen LogP contribution in [-0.2, 0) is 14.8 Å². The lowest BCUT2D eigenvalue weighted by Crippen LogP contribution is -2.42. The molecule has 1 amide bonds. The second kappa shape index (κ2) is 4.78. The number of rotatable bonds is 2. The van der Waals surface area contributed by atoms with Crippen molar-refractivity contribution in [3.63, 3.8) is 0 Å². The number of nitrogen functional groups attached to an aromatic ring is 1. The maximum atomic E-state index is 12.8. The second-order valence-electron chi connectivity index (χ2n) is 4.61. The van der Waals surface area contributed by atoms with Crippen LogP contribution in [0.15, 0.2) is 53.4 Å². The molecule has 1 heterocycles. The first-order chi connectivity index (χ1) is 10.00. The van der Waals surface area contributed by atoms with Gasteiger partial charge in [-0.15, -0.1) is 0 Å². The van der Waals surface area contributed by atoms with Gasteiger partial charge < -0.3 is 11.1 Å². The maximum Gasteiger partial charge on any atom is 0.266 e. The fraction of sp³-hybridized carbons (Fsp3) is 0.0714. The van der Waals surface area contributed by atoms with Crippen LogP contribution in [0.3, 0.4) is 0 Å². The van der Waals surface area contributed by atoms with E-state index in [0.717, 1.165) is 4.31 Å². The van der Waals surface area contributed by atoms with Gasteiger partial charge in [0.25, 0.3) is 10.0 Å². The third-order valence-electron chi connectivity index (χ3n) is 3.22. The van der Waals surface area contributed by atoms with E-state index in [0.29, 0.717) is 11.4 Å². The van der Waals surface area contributed by atoms with E-state index in [-0.39, 0.29) is 23.0 Å². The van der Waals surface area contributed by atoms with Crippen LogP contribution < -0.4 is 15.4 Å². The molecule has 0 spiro atoms. The summed E-state index contributed by atoms with van der Waals surface area (Å²) in [5, 5.41) is 2.65. The van der Waals surface area contributed by atoms with Crippen molar-refractivity contribution in [1.82, 2.24) is 0 Å². The van der Waals surface area contributed by atoms with Gasteiger partial charge in [-0.3, -0.25) is 9.10 Å². The lowest BCUT2D eigenvalue weighted by atomic mass is 10.2. The van der Waals surface area contributed by atoms with E-state index < -0.39 is 10.0 Å². The number of carbonyl (C=O) groups excluding carboxylic acids is 1. The van der Waals surface area contributed by atoms with Crippen molar-refractivity contribution in [1.29, 1.82) is 0 Å². The minimum Gasteiger partial charge on any atom is -0.398 e. The molecule has 0 bridgehead atoms. The van der Waals surface area contributed by atoms with Gasteiger partial charge in [0.05, 0.1) is 17.1 Å². The number of fused-ring (bicyclic) bond motifs is 1. The van der Waals surface area contributed by atoms with E-state index >= 15 is 0 Å². The van der Waals surface area contributed by atoms with Gasteiger partial charge in [-0.05, 0) is 24.3 Å². The van der Waals surface area contributed by atoms with Crippen LogP contribution in [0.4, 0.5) is 17.1 Å². The van der Waals surface area contributed by atoms with E-state index in [1.54, 1.807) is 36.4 Å². The standard InChI is InChI=1S/C14H13N3O3S/c15-10-5-1-4-8-13(10)21(19,20)17-9-14(18)16-11-6-2-3-7-12(11)17/h1-8H,9,15H2,(H,16,18). The molecule has 0 aromatic heterocycles. The van der Waals surface area contributed by atoms with Gasteiger partial charge in [0.2, 0.25) is 5.91 Å². The monoisotopic (exact) mass is 303 g/mol. The lowest BCUT2D eigenvalue weighted by Gasteiger charge is -2.30. The molecule has 3 N–H and O–H groups in total. The fourth-order valence-electron chi connectivity index (χ4n) is 2.25. The Balaban J connectivity index is 2.16. The van der Waals surface area contributed by atoms with Gasteiger partial charge in [0, 0.05) is 0 Å². The predicted octanol–water partition coefficient (Wildman–Crippen LogP) is 1.42. The molecule has 0 atom stereocenters. The summed E-state index contributed by atoms with van der Waals surface area (Å²) in [6.07, 6.45) is 0. The zero-order chi connectivity index (χ0) is 15.0. The van der Waals surface area contributed by atoms with Gasteiger partial charge in [0.1, 0.15) is 11.4 Å². The third-order valence-corrected chi connectivity index (χ3v) is 5.05. The Hall–Kier alpha value is -2.54. The van der Waals surface area contributed by atoms with Gasteiger partial charge in [-0.2, -0.15) is 0 Å². The molecule has 0 aliphatic carbocycles. The van der Waals surface area contributed by atoms with Crippen molar-refractivity contribution in [2.75, 3.05) is 21.9 Å². The number of benzene rings is 2. The summed E-state index contributed by atoms with van der Waals surface area (Å²) in [7, 11) is -3.89. The SMILES string of the molecule is Nc1ccccc1S(=O)(=O)N1CC(=O)Nc2ccccc21. The number of sulfonamides is 1. The zero-order valence-electron chi connectivity index (χ0n) is 11.0. The van der Waals surface area contributed by atoms with Crippen molar-refractivity contribution in [2.45, 2.75) is 4.90 Å². The van der Waals surface area contributed by atoms with Crippen molar-refractivity contribution in [2.24, 2.45) is 0 Å². The Morgan fingerprint density at radius 2 is 1.71 bits per heavy atom. The average Bonchev–Trinajstić information content (AvgIpc) is 2.46. The van der Waals surface area contributed by atoms with Crippen LogP contribution in [0.5, 0.6) is 0 Å². The Morgan fingerprint density at radius 1 is 1.05 bits per heavy atom. The highest BCUT2D eigenvalue weighted by Gasteiger charge is 2.33. The third kappa shape index (κ3) is 2.21. The van der Waals surface area contributed by atoms with Crippen LogP contribution in [0.25, 0.3) is 0 Å². The largest absolute Gasteiger partial charge is 0.398 e. The number of nitrogens with two attached hydrogens (primary N) is 1. The first-order valence-electron chi connectivity index (χ1n) is 6.26. The van der Waals surface area contributed by atoms with E-state index in [4.69, 9.17) is 5.73 Å².